The summed E-state index contributed by atoms with van der Waals surface area (Å²) >= 11 is 1.97. The van der Waals surface area contributed by atoms with Gasteiger partial charge in [-0.15, -0.1) is 11.8 Å². The number of thioether (sulfide) groups is 1. The van der Waals surface area contributed by atoms with Crippen LogP contribution in [-0.4, -0.2) is 32.2 Å². The van der Waals surface area contributed by atoms with Gasteiger partial charge in [0.1, 0.15) is 0 Å². The first-order valence-corrected chi connectivity index (χ1v) is 16.1. The zero-order chi connectivity index (χ0) is 29.6. The third-order valence-corrected chi connectivity index (χ3v) is 9.30. The molecule has 1 aliphatic rings. The van der Waals surface area contributed by atoms with Gasteiger partial charge in [-0.05, 0) is 66.1 Å². The van der Waals surface area contributed by atoms with E-state index in [9.17, 15) is 0 Å². The van der Waals surface area contributed by atoms with Crippen molar-refractivity contribution in [3.63, 3.8) is 0 Å². The lowest BCUT2D eigenvalue weighted by atomic mass is 10.1. The molecule has 1 aliphatic heterocycles. The van der Waals surface area contributed by atoms with E-state index in [1.807, 2.05) is 11.8 Å². The molecule has 1 unspecified atom stereocenters. The molecule has 2 heterocycles. The number of pyridine rings is 1. The maximum Gasteiger partial charge on any atom is 0.213 e. The van der Waals surface area contributed by atoms with Crippen LogP contribution in [-0.2, 0) is 6.54 Å². The number of fused-ring (bicyclic) bond motifs is 1. The molecule has 6 rings (SSSR count). The molecule has 5 aromatic rings. The fourth-order valence-electron chi connectivity index (χ4n) is 5.77. The van der Waals surface area contributed by atoms with Crippen molar-refractivity contribution in [3.8, 4) is 0 Å². The van der Waals surface area contributed by atoms with Crippen molar-refractivity contribution in [2.24, 2.45) is 0 Å². The summed E-state index contributed by atoms with van der Waals surface area (Å²) in [6.07, 6.45) is 11.4. The Kier molecular flexibility index (Phi) is 8.78. The zero-order valence-electron chi connectivity index (χ0n) is 25.4. The minimum Gasteiger partial charge on any atom is -0.331 e. The number of allylic oxidation sites excluding steroid dienone is 2. The molecule has 216 valence electrons. The molecular formula is C39H41N3S+2. The molecular weight excluding hydrogens is 543 g/mol. The lowest BCUT2D eigenvalue weighted by molar-refractivity contribution is -0.873. The Morgan fingerprint density at radius 3 is 2.05 bits per heavy atom. The summed E-state index contributed by atoms with van der Waals surface area (Å²) in [7, 11) is 6.78. The maximum atomic E-state index is 2.41. The Balaban J connectivity index is 1.15. The Hall–Kier alpha value is -4.12. The second kappa shape index (κ2) is 13.0. The number of para-hydroxylation sites is 3. The molecule has 1 atom stereocenters. The number of aromatic nitrogens is 1. The van der Waals surface area contributed by atoms with Crippen molar-refractivity contribution in [2.45, 2.75) is 24.6 Å². The van der Waals surface area contributed by atoms with Gasteiger partial charge < -0.3 is 9.38 Å². The summed E-state index contributed by atoms with van der Waals surface area (Å²) < 4.78 is 3.40. The molecule has 0 aliphatic carbocycles. The Bertz CT molecular complexity index is 1680. The number of nitrogens with zero attached hydrogens (tertiary/aromatic N) is 3. The van der Waals surface area contributed by atoms with Crippen LogP contribution >= 0.6 is 11.8 Å². The highest BCUT2D eigenvalue weighted by molar-refractivity contribution is 8.03. The van der Waals surface area contributed by atoms with Crippen LogP contribution in [0.1, 0.15) is 29.2 Å². The number of hydrogen-bond donors (Lipinski definition) is 0. The van der Waals surface area contributed by atoms with Gasteiger partial charge in [-0.25, -0.2) is 0 Å². The molecule has 43 heavy (non-hydrogen) atoms. The van der Waals surface area contributed by atoms with E-state index in [-0.39, 0.29) is 0 Å². The van der Waals surface area contributed by atoms with Gasteiger partial charge in [-0.1, -0.05) is 72.8 Å². The van der Waals surface area contributed by atoms with Crippen molar-refractivity contribution < 1.29 is 9.05 Å². The van der Waals surface area contributed by atoms with Gasteiger partial charge >= 0.3 is 0 Å². The summed E-state index contributed by atoms with van der Waals surface area (Å²) in [5.74, 6) is 0. The molecule has 0 fully saturated rings. The van der Waals surface area contributed by atoms with E-state index in [1.54, 1.807) is 0 Å². The SMILES string of the molecule is C[N+](C)(C)CCC[n+]1ccc(/C=C/C2=CCC(c3ccc(N(c4ccccc4)c4ccccc4)cc3)S2)c2ccccc21. The summed E-state index contributed by atoms with van der Waals surface area (Å²) in [5.41, 5.74) is 7.44. The molecule has 4 heteroatoms. The van der Waals surface area contributed by atoms with E-state index in [1.165, 1.54) is 32.6 Å². The molecule has 0 saturated heterocycles. The second-order valence-corrected chi connectivity index (χ2v) is 13.5. The number of rotatable bonds is 10. The van der Waals surface area contributed by atoms with Crippen LogP contribution in [0.15, 0.2) is 139 Å². The molecule has 0 saturated carbocycles. The Morgan fingerprint density at radius 1 is 0.744 bits per heavy atom. The lowest BCUT2D eigenvalue weighted by Gasteiger charge is -2.25. The monoisotopic (exact) mass is 583 g/mol. The molecule has 0 amide bonds. The van der Waals surface area contributed by atoms with Crippen LogP contribution in [0, 0.1) is 0 Å². The molecule has 1 aromatic heterocycles. The third kappa shape index (κ3) is 7.10. The average molecular weight is 584 g/mol. The van der Waals surface area contributed by atoms with E-state index in [2.05, 4.69) is 170 Å². The van der Waals surface area contributed by atoms with Crippen molar-refractivity contribution in [1.29, 1.82) is 0 Å². The first kappa shape index (κ1) is 29.0. The van der Waals surface area contributed by atoms with Crippen LogP contribution in [0.4, 0.5) is 17.1 Å². The van der Waals surface area contributed by atoms with E-state index < -0.39 is 0 Å². The first-order valence-electron chi connectivity index (χ1n) is 15.2. The minimum atomic E-state index is 0.437. The fraction of sp³-hybridized carbons (Fsp3) is 0.205. The number of anilines is 3. The fourth-order valence-corrected chi connectivity index (χ4v) is 6.92. The van der Waals surface area contributed by atoms with Crippen LogP contribution in [0.2, 0.25) is 0 Å². The predicted molar refractivity (Wildman–Crippen MR) is 185 cm³/mol. The van der Waals surface area contributed by atoms with E-state index in [4.69, 9.17) is 0 Å². The van der Waals surface area contributed by atoms with E-state index in [0.717, 1.165) is 41.8 Å². The number of aryl methyl sites for hydroxylation is 1. The molecule has 0 bridgehead atoms. The summed E-state index contributed by atoms with van der Waals surface area (Å²) in [5, 5.41) is 1.75. The highest BCUT2D eigenvalue weighted by atomic mass is 32.2. The maximum absolute atomic E-state index is 2.41. The molecule has 0 spiro atoms. The largest absolute Gasteiger partial charge is 0.331 e. The second-order valence-electron chi connectivity index (χ2n) is 12.2. The standard InChI is InChI=1S/C39H41N3S/c1-42(2,3)30-12-28-40-29-27-31(37-17-10-11-18-38(37)40)21-24-36-25-26-39(43-36)32-19-22-35(23-20-32)41(33-13-6-4-7-14-33)34-15-8-5-9-16-34/h4-11,13-25,27,29,39H,12,26,28,30H2,1-3H3/q+2/b24-21+. The van der Waals surface area contributed by atoms with Crippen molar-refractivity contribution in [3.05, 3.63) is 150 Å². The Morgan fingerprint density at radius 2 is 1.37 bits per heavy atom. The normalized spacial score (nSPS) is 15.2. The summed E-state index contributed by atoms with van der Waals surface area (Å²) in [6.45, 7) is 2.20. The predicted octanol–water partition coefficient (Wildman–Crippen LogP) is 9.47. The van der Waals surface area contributed by atoms with Crippen LogP contribution in [0.25, 0.3) is 17.0 Å². The van der Waals surface area contributed by atoms with Gasteiger partial charge in [-0.2, -0.15) is 4.57 Å². The van der Waals surface area contributed by atoms with Crippen molar-refractivity contribution >= 4 is 45.8 Å². The lowest BCUT2D eigenvalue weighted by Crippen LogP contribution is -2.40. The van der Waals surface area contributed by atoms with Crippen LogP contribution < -0.4 is 9.47 Å². The number of benzene rings is 4. The van der Waals surface area contributed by atoms with Crippen LogP contribution in [0.3, 0.4) is 0 Å². The Labute approximate surface area is 261 Å². The minimum absolute atomic E-state index is 0.437. The van der Waals surface area contributed by atoms with Gasteiger partial charge in [0.05, 0.1) is 39.5 Å². The summed E-state index contributed by atoms with van der Waals surface area (Å²) in [4.78, 5) is 3.66. The van der Waals surface area contributed by atoms with E-state index >= 15 is 0 Å². The van der Waals surface area contributed by atoms with Gasteiger partial charge in [0.15, 0.2) is 12.7 Å². The number of quaternary nitrogens is 1. The van der Waals surface area contributed by atoms with Gasteiger partial charge in [0.2, 0.25) is 5.52 Å². The molecule has 0 radical (unpaired) electrons. The quantitative estimate of drug-likeness (QED) is 0.119. The highest BCUT2D eigenvalue weighted by Gasteiger charge is 2.20. The van der Waals surface area contributed by atoms with E-state index in [0.29, 0.717) is 5.25 Å². The molecule has 0 N–H and O–H groups in total. The van der Waals surface area contributed by atoms with Crippen molar-refractivity contribution in [2.75, 3.05) is 32.6 Å². The highest BCUT2D eigenvalue weighted by Crippen LogP contribution is 2.45. The topological polar surface area (TPSA) is 7.12 Å². The first-order chi connectivity index (χ1) is 20.9. The summed E-state index contributed by atoms with van der Waals surface area (Å²) in [6, 6.07) is 41.4. The van der Waals surface area contributed by atoms with Crippen LogP contribution in [0.5, 0.6) is 0 Å². The van der Waals surface area contributed by atoms with Gasteiger partial charge in [-0.3, -0.25) is 0 Å². The van der Waals surface area contributed by atoms with Gasteiger partial charge in [0, 0.05) is 39.3 Å². The van der Waals surface area contributed by atoms with Gasteiger partial charge in [0.25, 0.3) is 0 Å². The smallest absolute Gasteiger partial charge is 0.213 e. The third-order valence-electron chi connectivity index (χ3n) is 7.98. The zero-order valence-corrected chi connectivity index (χ0v) is 26.3. The van der Waals surface area contributed by atoms with Crippen molar-refractivity contribution in [1.82, 2.24) is 0 Å². The molecule has 3 nitrogen and oxygen atoms in total. The number of hydrogen-bond acceptors (Lipinski definition) is 2. The average Bonchev–Trinajstić information content (AvgIpc) is 3.51. The molecule has 4 aromatic carbocycles.